The molecular formula is C12H12ClFN2O. The normalized spacial score (nSPS) is 10.6. The Morgan fingerprint density at radius 3 is 2.71 bits per heavy atom. The molecule has 0 aromatic carbocycles. The first kappa shape index (κ1) is 11.9. The molecule has 0 amide bonds. The molecule has 0 N–H and O–H groups in total. The van der Waals surface area contributed by atoms with Gasteiger partial charge in [-0.15, -0.1) is 0 Å². The van der Waals surface area contributed by atoms with E-state index in [0.29, 0.717) is 11.4 Å². The van der Waals surface area contributed by atoms with Crippen molar-refractivity contribution in [3.63, 3.8) is 0 Å². The van der Waals surface area contributed by atoms with E-state index < -0.39 is 5.82 Å². The molecule has 0 aliphatic heterocycles. The molecule has 0 saturated heterocycles. The summed E-state index contributed by atoms with van der Waals surface area (Å²) < 4.78 is 20.5. The number of methoxy groups -OCH3 is 1. The molecule has 2 heterocycles. The molecule has 2 aromatic heterocycles. The standard InChI is InChI=1S/C12H12ClFN2O/c1-7-4-5-16(2)10(7)8-6-9(14)11(13)15-12(8)17-3/h4-6H,1-3H3. The number of aryl methyl sites for hydroxylation is 2. The fraction of sp³-hybridized carbons (Fsp3) is 0.250. The maximum atomic E-state index is 13.5. The number of hydrogen-bond donors (Lipinski definition) is 0. The first-order valence-electron chi connectivity index (χ1n) is 5.07. The molecular weight excluding hydrogens is 243 g/mol. The minimum Gasteiger partial charge on any atom is -0.480 e. The summed E-state index contributed by atoms with van der Waals surface area (Å²) in [6.45, 7) is 1.95. The number of halogens is 2. The Bertz CT molecular complexity index is 546. The maximum absolute atomic E-state index is 13.5. The lowest BCUT2D eigenvalue weighted by atomic mass is 10.1. The monoisotopic (exact) mass is 254 g/mol. The van der Waals surface area contributed by atoms with Gasteiger partial charge in [-0.1, -0.05) is 11.6 Å². The van der Waals surface area contributed by atoms with Gasteiger partial charge >= 0.3 is 0 Å². The molecule has 0 radical (unpaired) electrons. The minimum atomic E-state index is -0.553. The molecule has 0 unspecified atom stereocenters. The van der Waals surface area contributed by atoms with Crippen LogP contribution < -0.4 is 4.74 Å². The zero-order chi connectivity index (χ0) is 12.6. The van der Waals surface area contributed by atoms with Gasteiger partial charge in [0.25, 0.3) is 0 Å². The third-order valence-electron chi connectivity index (χ3n) is 2.62. The maximum Gasteiger partial charge on any atom is 0.224 e. The second-order valence-electron chi connectivity index (χ2n) is 3.78. The fourth-order valence-corrected chi connectivity index (χ4v) is 1.97. The van der Waals surface area contributed by atoms with Crippen LogP contribution in [0.4, 0.5) is 4.39 Å². The number of rotatable bonds is 2. The van der Waals surface area contributed by atoms with Crippen LogP contribution in [0.15, 0.2) is 18.3 Å². The summed E-state index contributed by atoms with van der Waals surface area (Å²) in [5.41, 5.74) is 2.48. The average molecular weight is 255 g/mol. The van der Waals surface area contributed by atoms with Crippen molar-refractivity contribution >= 4 is 11.6 Å². The topological polar surface area (TPSA) is 27.1 Å². The van der Waals surface area contributed by atoms with Gasteiger partial charge in [-0.3, -0.25) is 0 Å². The van der Waals surface area contributed by atoms with Gasteiger partial charge in [0.05, 0.1) is 18.4 Å². The lowest BCUT2D eigenvalue weighted by Gasteiger charge is -2.10. The van der Waals surface area contributed by atoms with Gasteiger partial charge < -0.3 is 9.30 Å². The van der Waals surface area contributed by atoms with Crippen molar-refractivity contribution in [1.82, 2.24) is 9.55 Å². The third kappa shape index (κ3) is 2.00. The molecule has 0 aliphatic carbocycles. The Labute approximate surface area is 104 Å². The molecule has 17 heavy (non-hydrogen) atoms. The quantitative estimate of drug-likeness (QED) is 0.770. The Morgan fingerprint density at radius 2 is 2.18 bits per heavy atom. The van der Waals surface area contributed by atoms with E-state index in [2.05, 4.69) is 4.98 Å². The summed E-state index contributed by atoms with van der Waals surface area (Å²) in [7, 11) is 3.37. The number of nitrogens with zero attached hydrogens (tertiary/aromatic N) is 2. The summed E-state index contributed by atoms with van der Waals surface area (Å²) in [6, 6.07) is 3.29. The van der Waals surface area contributed by atoms with Crippen LogP contribution in [-0.2, 0) is 7.05 Å². The van der Waals surface area contributed by atoms with E-state index in [0.717, 1.165) is 11.3 Å². The molecule has 5 heteroatoms. The number of hydrogen-bond acceptors (Lipinski definition) is 2. The Hall–Kier alpha value is -1.55. The van der Waals surface area contributed by atoms with Crippen molar-refractivity contribution in [3.05, 3.63) is 34.9 Å². The van der Waals surface area contributed by atoms with E-state index in [1.165, 1.54) is 13.2 Å². The molecule has 3 nitrogen and oxygen atoms in total. The summed E-state index contributed by atoms with van der Waals surface area (Å²) in [6.07, 6.45) is 1.90. The van der Waals surface area contributed by atoms with Crippen LogP contribution >= 0.6 is 11.6 Å². The van der Waals surface area contributed by atoms with E-state index in [1.807, 2.05) is 30.8 Å². The van der Waals surface area contributed by atoms with Gasteiger partial charge in [0.1, 0.15) is 0 Å². The number of aromatic nitrogens is 2. The molecule has 0 saturated carbocycles. The summed E-state index contributed by atoms with van der Waals surface area (Å²) in [5, 5.41) is -0.183. The van der Waals surface area contributed by atoms with Crippen LogP contribution in [0.5, 0.6) is 5.88 Å². The highest BCUT2D eigenvalue weighted by molar-refractivity contribution is 6.29. The van der Waals surface area contributed by atoms with Crippen LogP contribution in [0.1, 0.15) is 5.56 Å². The molecule has 0 spiro atoms. The molecule has 0 atom stereocenters. The highest BCUT2D eigenvalue weighted by Crippen LogP contribution is 2.33. The van der Waals surface area contributed by atoms with Crippen molar-refractivity contribution in [3.8, 4) is 17.1 Å². The summed E-state index contributed by atoms with van der Waals surface area (Å²) in [4.78, 5) is 3.88. The average Bonchev–Trinajstić information content (AvgIpc) is 2.62. The molecule has 0 aliphatic rings. The van der Waals surface area contributed by atoms with Crippen molar-refractivity contribution in [2.75, 3.05) is 7.11 Å². The lowest BCUT2D eigenvalue weighted by Crippen LogP contribution is -1.99. The predicted octanol–water partition coefficient (Wildman–Crippen LogP) is 3.20. The van der Waals surface area contributed by atoms with Gasteiger partial charge in [0, 0.05) is 13.2 Å². The number of pyridine rings is 1. The van der Waals surface area contributed by atoms with Crippen molar-refractivity contribution in [1.29, 1.82) is 0 Å². The third-order valence-corrected chi connectivity index (χ3v) is 2.89. The van der Waals surface area contributed by atoms with Gasteiger partial charge in [-0.25, -0.2) is 4.39 Å². The van der Waals surface area contributed by atoms with E-state index in [-0.39, 0.29) is 5.15 Å². The van der Waals surface area contributed by atoms with Crippen molar-refractivity contribution < 1.29 is 9.13 Å². The SMILES string of the molecule is COc1nc(Cl)c(F)cc1-c1c(C)ccn1C. The van der Waals surface area contributed by atoms with Crippen LogP contribution in [0.3, 0.4) is 0 Å². The molecule has 2 aromatic rings. The summed E-state index contributed by atoms with van der Waals surface area (Å²) >= 11 is 5.63. The van der Waals surface area contributed by atoms with Crippen LogP contribution in [0.25, 0.3) is 11.3 Å². The summed E-state index contributed by atoms with van der Waals surface area (Å²) in [5.74, 6) is -0.232. The molecule has 0 bridgehead atoms. The predicted molar refractivity (Wildman–Crippen MR) is 64.9 cm³/mol. The fourth-order valence-electron chi connectivity index (χ4n) is 1.83. The molecule has 0 fully saturated rings. The molecule has 2 rings (SSSR count). The van der Waals surface area contributed by atoms with Crippen molar-refractivity contribution in [2.45, 2.75) is 6.92 Å². The van der Waals surface area contributed by atoms with Crippen molar-refractivity contribution in [2.24, 2.45) is 7.05 Å². The van der Waals surface area contributed by atoms with Crippen LogP contribution in [0, 0.1) is 12.7 Å². The van der Waals surface area contributed by atoms with Gasteiger partial charge in [-0.2, -0.15) is 4.98 Å². The smallest absolute Gasteiger partial charge is 0.224 e. The van der Waals surface area contributed by atoms with E-state index in [9.17, 15) is 4.39 Å². The molecule has 90 valence electrons. The second-order valence-corrected chi connectivity index (χ2v) is 4.13. The minimum absolute atomic E-state index is 0.183. The van der Waals surface area contributed by atoms with Crippen LogP contribution in [0.2, 0.25) is 5.15 Å². The van der Waals surface area contributed by atoms with Crippen LogP contribution in [-0.4, -0.2) is 16.7 Å². The van der Waals surface area contributed by atoms with Gasteiger partial charge in [0.2, 0.25) is 5.88 Å². The van der Waals surface area contributed by atoms with Gasteiger partial charge in [0.15, 0.2) is 11.0 Å². The van der Waals surface area contributed by atoms with E-state index in [1.54, 1.807) is 0 Å². The van der Waals surface area contributed by atoms with E-state index >= 15 is 0 Å². The zero-order valence-corrected chi connectivity index (χ0v) is 10.5. The van der Waals surface area contributed by atoms with E-state index in [4.69, 9.17) is 16.3 Å². The first-order chi connectivity index (χ1) is 8.04. The first-order valence-corrected chi connectivity index (χ1v) is 5.44. The van der Waals surface area contributed by atoms with Gasteiger partial charge in [-0.05, 0) is 24.6 Å². The Kier molecular flexibility index (Phi) is 3.07. The highest BCUT2D eigenvalue weighted by Gasteiger charge is 2.16. The Morgan fingerprint density at radius 1 is 1.47 bits per heavy atom. The second kappa shape index (κ2) is 4.37. The zero-order valence-electron chi connectivity index (χ0n) is 9.79. The highest BCUT2D eigenvalue weighted by atomic mass is 35.5. The number of ether oxygens (including phenoxy) is 1. The Balaban J connectivity index is 2.70. The largest absolute Gasteiger partial charge is 0.480 e. The lowest BCUT2D eigenvalue weighted by molar-refractivity contribution is 0.397.